The summed E-state index contributed by atoms with van der Waals surface area (Å²) in [5.74, 6) is -0.829. The smallest absolute Gasteiger partial charge is 0.179 e. The van der Waals surface area contributed by atoms with E-state index in [2.05, 4.69) is 0 Å². The molecule has 0 saturated carbocycles. The number of nitrogens with two attached hydrogens (primary N) is 1. The van der Waals surface area contributed by atoms with Crippen molar-refractivity contribution in [3.63, 3.8) is 0 Å². The van der Waals surface area contributed by atoms with Crippen molar-refractivity contribution in [2.75, 3.05) is 17.2 Å². The normalized spacial score (nSPS) is 13.4. The molecule has 7 heteroatoms. The zero-order valence-corrected chi connectivity index (χ0v) is 13.8. The molecule has 0 atom stereocenters. The Balaban J connectivity index is 3.06. The standard InChI is InChI=1S/C13H21NO4S2/c1-10-5-6-11(14)9-12(10)19(15,16)7-8-20(17,18)13(2,3)4/h5-6,9H,7-8,14H2,1-4H3. The maximum Gasteiger partial charge on any atom is 0.179 e. The molecule has 0 bridgehead atoms. The summed E-state index contributed by atoms with van der Waals surface area (Å²) in [4.78, 5) is 0.0987. The zero-order valence-electron chi connectivity index (χ0n) is 12.2. The van der Waals surface area contributed by atoms with E-state index in [4.69, 9.17) is 5.73 Å². The number of hydrogen-bond donors (Lipinski definition) is 1. The molecule has 5 nitrogen and oxygen atoms in total. The second-order valence-electron chi connectivity index (χ2n) is 5.78. The third kappa shape index (κ3) is 3.73. The maximum absolute atomic E-state index is 12.3. The molecule has 1 aromatic rings. The van der Waals surface area contributed by atoms with Gasteiger partial charge in [-0.3, -0.25) is 0 Å². The van der Waals surface area contributed by atoms with Crippen molar-refractivity contribution in [1.29, 1.82) is 0 Å². The Morgan fingerprint density at radius 1 is 1.05 bits per heavy atom. The van der Waals surface area contributed by atoms with Gasteiger partial charge in [0.05, 0.1) is 21.1 Å². The van der Waals surface area contributed by atoms with Gasteiger partial charge in [-0.2, -0.15) is 0 Å². The van der Waals surface area contributed by atoms with Gasteiger partial charge < -0.3 is 5.73 Å². The second kappa shape index (κ2) is 5.37. The Hall–Kier alpha value is -1.08. The van der Waals surface area contributed by atoms with Gasteiger partial charge in [-0.15, -0.1) is 0 Å². The summed E-state index contributed by atoms with van der Waals surface area (Å²) in [7, 11) is -7.14. The van der Waals surface area contributed by atoms with Crippen LogP contribution in [-0.2, 0) is 19.7 Å². The van der Waals surface area contributed by atoms with Gasteiger partial charge in [-0.05, 0) is 45.4 Å². The predicted octanol–water partition coefficient (Wildman–Crippen LogP) is 1.56. The molecule has 1 aromatic carbocycles. The first kappa shape index (κ1) is 17.0. The molecular formula is C13H21NO4S2. The van der Waals surface area contributed by atoms with E-state index in [1.54, 1.807) is 39.8 Å². The highest BCUT2D eigenvalue weighted by Crippen LogP contribution is 2.22. The number of aryl methyl sites for hydroxylation is 1. The lowest BCUT2D eigenvalue weighted by Gasteiger charge is -2.19. The summed E-state index contributed by atoms with van der Waals surface area (Å²) in [6.07, 6.45) is 0. The van der Waals surface area contributed by atoms with Crippen LogP contribution in [0.5, 0.6) is 0 Å². The summed E-state index contributed by atoms with van der Waals surface area (Å²) in [6, 6.07) is 4.59. The first-order valence-electron chi connectivity index (χ1n) is 6.18. The molecule has 114 valence electrons. The van der Waals surface area contributed by atoms with Gasteiger partial charge in [0.25, 0.3) is 0 Å². The van der Waals surface area contributed by atoms with Crippen LogP contribution in [0.2, 0.25) is 0 Å². The van der Waals surface area contributed by atoms with E-state index in [1.807, 2.05) is 0 Å². The van der Waals surface area contributed by atoms with Crippen molar-refractivity contribution >= 4 is 25.4 Å². The lowest BCUT2D eigenvalue weighted by molar-refractivity contribution is 0.559. The lowest BCUT2D eigenvalue weighted by Crippen LogP contribution is -2.33. The van der Waals surface area contributed by atoms with Crippen LogP contribution >= 0.6 is 0 Å². The van der Waals surface area contributed by atoms with Crippen LogP contribution in [0.1, 0.15) is 26.3 Å². The number of rotatable bonds is 4. The van der Waals surface area contributed by atoms with Crippen molar-refractivity contribution < 1.29 is 16.8 Å². The van der Waals surface area contributed by atoms with E-state index < -0.39 is 35.9 Å². The third-order valence-corrected chi connectivity index (χ3v) is 7.82. The second-order valence-corrected chi connectivity index (χ2v) is 10.7. The van der Waals surface area contributed by atoms with Crippen LogP contribution in [-0.4, -0.2) is 33.1 Å². The average Bonchev–Trinajstić information content (AvgIpc) is 2.28. The number of benzene rings is 1. The largest absolute Gasteiger partial charge is 0.399 e. The first-order chi connectivity index (χ1) is 8.87. The number of sulfone groups is 2. The van der Waals surface area contributed by atoms with Gasteiger partial charge in [-0.1, -0.05) is 6.07 Å². The van der Waals surface area contributed by atoms with Crippen LogP contribution in [0.15, 0.2) is 23.1 Å². The Bertz CT molecular complexity index is 698. The predicted molar refractivity (Wildman–Crippen MR) is 81.2 cm³/mol. The van der Waals surface area contributed by atoms with Crippen molar-refractivity contribution in [1.82, 2.24) is 0 Å². The van der Waals surface area contributed by atoms with E-state index in [0.717, 1.165) is 0 Å². The fraction of sp³-hybridized carbons (Fsp3) is 0.538. The molecule has 20 heavy (non-hydrogen) atoms. The van der Waals surface area contributed by atoms with Crippen molar-refractivity contribution in [2.45, 2.75) is 37.3 Å². The molecule has 2 N–H and O–H groups in total. The van der Waals surface area contributed by atoms with Crippen molar-refractivity contribution in [2.24, 2.45) is 0 Å². The monoisotopic (exact) mass is 319 g/mol. The van der Waals surface area contributed by atoms with Crippen molar-refractivity contribution in [3.8, 4) is 0 Å². The molecule has 0 unspecified atom stereocenters. The minimum Gasteiger partial charge on any atom is -0.399 e. The quantitative estimate of drug-likeness (QED) is 0.850. The lowest BCUT2D eigenvalue weighted by atomic mass is 10.2. The number of anilines is 1. The van der Waals surface area contributed by atoms with Crippen LogP contribution in [0.3, 0.4) is 0 Å². The molecule has 0 aliphatic rings. The molecule has 0 fully saturated rings. The Labute approximate surface area is 121 Å². The molecule has 0 spiro atoms. The van der Waals surface area contributed by atoms with Crippen molar-refractivity contribution in [3.05, 3.63) is 23.8 Å². The van der Waals surface area contributed by atoms with E-state index >= 15 is 0 Å². The van der Waals surface area contributed by atoms with Crippen LogP contribution in [0.4, 0.5) is 5.69 Å². The number of hydrogen-bond acceptors (Lipinski definition) is 5. The van der Waals surface area contributed by atoms with Gasteiger partial charge in [0.2, 0.25) is 0 Å². The third-order valence-electron chi connectivity index (χ3n) is 3.10. The van der Waals surface area contributed by atoms with E-state index in [-0.39, 0.29) is 4.90 Å². The Morgan fingerprint density at radius 2 is 1.60 bits per heavy atom. The van der Waals surface area contributed by atoms with Gasteiger partial charge in [0.1, 0.15) is 0 Å². The molecule has 0 amide bonds. The minimum atomic E-state index is -3.67. The van der Waals surface area contributed by atoms with Gasteiger partial charge in [-0.25, -0.2) is 16.8 Å². The Kier molecular flexibility index (Phi) is 4.55. The Morgan fingerprint density at radius 3 is 2.10 bits per heavy atom. The summed E-state index contributed by atoms with van der Waals surface area (Å²) in [5, 5.41) is 0. The topological polar surface area (TPSA) is 94.3 Å². The molecule has 0 aromatic heterocycles. The first-order valence-corrected chi connectivity index (χ1v) is 9.48. The highest BCUT2D eigenvalue weighted by Gasteiger charge is 2.31. The number of nitrogen functional groups attached to an aromatic ring is 1. The van der Waals surface area contributed by atoms with Crippen LogP contribution in [0.25, 0.3) is 0 Å². The molecule has 0 saturated heterocycles. The average molecular weight is 319 g/mol. The summed E-state index contributed by atoms with van der Waals surface area (Å²) >= 11 is 0. The van der Waals surface area contributed by atoms with E-state index in [0.29, 0.717) is 11.3 Å². The highest BCUT2D eigenvalue weighted by molar-refractivity contribution is 7.95. The van der Waals surface area contributed by atoms with E-state index in [1.165, 1.54) is 6.07 Å². The summed E-state index contributed by atoms with van der Waals surface area (Å²) in [5.41, 5.74) is 6.50. The molecule has 1 rings (SSSR count). The van der Waals surface area contributed by atoms with E-state index in [9.17, 15) is 16.8 Å². The van der Waals surface area contributed by atoms with Gasteiger partial charge >= 0.3 is 0 Å². The summed E-state index contributed by atoms with van der Waals surface area (Å²) in [6.45, 7) is 6.33. The fourth-order valence-electron chi connectivity index (χ4n) is 1.59. The molecule has 0 aliphatic heterocycles. The molecule has 0 radical (unpaired) electrons. The minimum absolute atomic E-state index is 0.0987. The van der Waals surface area contributed by atoms with Crippen LogP contribution < -0.4 is 5.73 Å². The SMILES string of the molecule is Cc1ccc(N)cc1S(=O)(=O)CCS(=O)(=O)C(C)(C)C. The maximum atomic E-state index is 12.3. The van der Waals surface area contributed by atoms with Gasteiger partial charge in [0, 0.05) is 5.69 Å². The van der Waals surface area contributed by atoms with Crippen LogP contribution in [0, 0.1) is 6.92 Å². The molecule has 0 aliphatic carbocycles. The van der Waals surface area contributed by atoms with Gasteiger partial charge in [0.15, 0.2) is 19.7 Å². The molecule has 0 heterocycles. The summed E-state index contributed by atoms with van der Waals surface area (Å²) < 4.78 is 47.5. The molecular weight excluding hydrogens is 298 g/mol. The highest BCUT2D eigenvalue weighted by atomic mass is 32.2. The fourth-order valence-corrected chi connectivity index (χ4v) is 5.05. The zero-order chi connectivity index (χ0) is 15.8.